The van der Waals surface area contributed by atoms with E-state index in [1.165, 1.54) is 0 Å². The molecule has 2 heterocycles. The van der Waals surface area contributed by atoms with Gasteiger partial charge in [0, 0.05) is 31.9 Å². The number of nitrogens with two attached hydrogens (primary N) is 1. The molecule has 2 N–H and O–H groups in total. The normalized spacial score (nSPS) is 21.2. The van der Waals surface area contributed by atoms with Crippen molar-refractivity contribution in [3.8, 4) is 0 Å². The lowest BCUT2D eigenvalue weighted by atomic mass is 10.2. The molecule has 108 valence electrons. The summed E-state index contributed by atoms with van der Waals surface area (Å²) in [4.78, 5) is 2.46. The molecule has 1 saturated heterocycles. The lowest BCUT2D eigenvalue weighted by molar-refractivity contribution is -0.0265. The predicted octanol–water partition coefficient (Wildman–Crippen LogP) is 0.475. The number of rotatable bonds is 5. The molecule has 1 fully saturated rings. The molecule has 1 aliphatic rings. The molecule has 2 rings (SSSR count). The highest BCUT2D eigenvalue weighted by Crippen LogP contribution is 2.20. The Morgan fingerprint density at radius 1 is 1.47 bits per heavy atom. The van der Waals surface area contributed by atoms with Crippen LogP contribution in [0.3, 0.4) is 0 Å². The van der Waals surface area contributed by atoms with Gasteiger partial charge >= 0.3 is 0 Å². The van der Waals surface area contributed by atoms with Crippen LogP contribution in [-0.2, 0) is 18.3 Å². The molecule has 1 aromatic heterocycles. The van der Waals surface area contributed by atoms with E-state index in [1.807, 2.05) is 11.6 Å². The van der Waals surface area contributed by atoms with E-state index in [1.54, 1.807) is 11.8 Å². The highest BCUT2D eigenvalue weighted by atomic mass is 32.2. The molecule has 6 nitrogen and oxygen atoms in total. The summed E-state index contributed by atoms with van der Waals surface area (Å²) in [5.74, 6) is 1.72. The number of aromatic nitrogens is 3. The first-order valence-corrected chi connectivity index (χ1v) is 7.67. The second-order valence-corrected chi connectivity index (χ2v) is 6.04. The van der Waals surface area contributed by atoms with Gasteiger partial charge in [-0.25, -0.2) is 0 Å². The summed E-state index contributed by atoms with van der Waals surface area (Å²) in [6, 6.07) is 0.579. The number of morpholine rings is 1. The maximum absolute atomic E-state index is 5.81. The minimum absolute atomic E-state index is 0.263. The van der Waals surface area contributed by atoms with Gasteiger partial charge in [0.2, 0.25) is 0 Å². The fourth-order valence-electron chi connectivity index (χ4n) is 2.13. The van der Waals surface area contributed by atoms with Crippen molar-refractivity contribution in [2.24, 2.45) is 12.8 Å². The van der Waals surface area contributed by atoms with E-state index in [9.17, 15) is 0 Å². The second kappa shape index (κ2) is 6.69. The molecule has 1 aliphatic heterocycles. The van der Waals surface area contributed by atoms with Crippen LogP contribution in [-0.4, -0.2) is 57.3 Å². The van der Waals surface area contributed by atoms with Crippen molar-refractivity contribution in [1.29, 1.82) is 0 Å². The Bertz CT molecular complexity index is 409. The maximum Gasteiger partial charge on any atom is 0.191 e. The van der Waals surface area contributed by atoms with Crippen LogP contribution in [0.25, 0.3) is 0 Å². The Hall–Kier alpha value is -0.630. The highest BCUT2D eigenvalue weighted by molar-refractivity contribution is 7.99. The molecule has 1 atom stereocenters. The molecule has 0 amide bonds. The molecule has 19 heavy (non-hydrogen) atoms. The highest BCUT2D eigenvalue weighted by Gasteiger charge is 2.23. The third-order valence-electron chi connectivity index (χ3n) is 3.41. The van der Waals surface area contributed by atoms with Gasteiger partial charge in [-0.3, -0.25) is 4.90 Å². The zero-order valence-corrected chi connectivity index (χ0v) is 12.7. The second-order valence-electron chi connectivity index (χ2n) is 5.05. The van der Waals surface area contributed by atoms with Crippen LogP contribution in [0.4, 0.5) is 0 Å². The first kappa shape index (κ1) is 14.8. The molecule has 0 aromatic carbocycles. The maximum atomic E-state index is 5.81. The molecular weight excluding hydrogens is 262 g/mol. The van der Waals surface area contributed by atoms with E-state index in [0.717, 1.165) is 36.4 Å². The van der Waals surface area contributed by atoms with Gasteiger partial charge in [-0.2, -0.15) is 0 Å². The molecule has 0 aliphatic carbocycles. The van der Waals surface area contributed by atoms with Crippen LogP contribution in [0.15, 0.2) is 5.16 Å². The lowest BCUT2D eigenvalue weighted by Crippen LogP contribution is -2.46. The number of hydrogen-bond acceptors (Lipinski definition) is 6. The van der Waals surface area contributed by atoms with Crippen molar-refractivity contribution in [1.82, 2.24) is 19.7 Å². The number of thioether (sulfide) groups is 1. The summed E-state index contributed by atoms with van der Waals surface area (Å²) >= 11 is 1.69. The summed E-state index contributed by atoms with van der Waals surface area (Å²) in [5, 5.41) is 9.12. The quantitative estimate of drug-likeness (QED) is 0.793. The Labute approximate surface area is 118 Å². The van der Waals surface area contributed by atoms with E-state index >= 15 is 0 Å². The molecule has 0 saturated carbocycles. The average Bonchev–Trinajstić information content (AvgIpc) is 2.77. The number of nitrogens with zero attached hydrogens (tertiary/aromatic N) is 4. The van der Waals surface area contributed by atoms with Crippen LogP contribution < -0.4 is 5.73 Å². The summed E-state index contributed by atoms with van der Waals surface area (Å²) in [6.07, 6.45) is 0.263. The van der Waals surface area contributed by atoms with Crippen LogP contribution in [0.5, 0.6) is 0 Å². The molecule has 1 unspecified atom stereocenters. The molecule has 7 heteroatoms. The smallest absolute Gasteiger partial charge is 0.191 e. The SMILES string of the molecule is CC(C)N1CCOC(CSc2nnc(CN)n2C)C1. The summed E-state index contributed by atoms with van der Waals surface area (Å²) in [7, 11) is 1.95. The van der Waals surface area contributed by atoms with Gasteiger partial charge < -0.3 is 15.0 Å². The fraction of sp³-hybridized carbons (Fsp3) is 0.833. The molecule has 0 spiro atoms. The van der Waals surface area contributed by atoms with Crippen LogP contribution >= 0.6 is 11.8 Å². The summed E-state index contributed by atoms with van der Waals surface area (Å²) in [5.41, 5.74) is 5.59. The van der Waals surface area contributed by atoms with E-state index in [2.05, 4.69) is 28.9 Å². The van der Waals surface area contributed by atoms with Crippen molar-refractivity contribution < 1.29 is 4.74 Å². The fourth-order valence-corrected chi connectivity index (χ4v) is 3.06. The van der Waals surface area contributed by atoms with Gasteiger partial charge in [0.1, 0.15) is 5.82 Å². The largest absolute Gasteiger partial charge is 0.375 e. The van der Waals surface area contributed by atoms with Crippen molar-refractivity contribution in [2.75, 3.05) is 25.4 Å². The Kier molecular flexibility index (Phi) is 5.20. The molecular formula is C12H23N5OS. The minimum atomic E-state index is 0.263. The van der Waals surface area contributed by atoms with E-state index in [-0.39, 0.29) is 6.10 Å². The lowest BCUT2D eigenvalue weighted by Gasteiger charge is -2.35. The molecule has 1 aromatic rings. The van der Waals surface area contributed by atoms with Crippen molar-refractivity contribution >= 4 is 11.8 Å². The van der Waals surface area contributed by atoms with Crippen molar-refractivity contribution in [2.45, 2.75) is 37.7 Å². The van der Waals surface area contributed by atoms with E-state index in [0.29, 0.717) is 12.6 Å². The third-order valence-corrected chi connectivity index (χ3v) is 4.56. The average molecular weight is 285 g/mol. The minimum Gasteiger partial charge on any atom is -0.375 e. The summed E-state index contributed by atoms with van der Waals surface area (Å²) in [6.45, 7) is 7.71. The van der Waals surface area contributed by atoms with E-state index in [4.69, 9.17) is 10.5 Å². The first-order valence-electron chi connectivity index (χ1n) is 6.68. The van der Waals surface area contributed by atoms with Gasteiger partial charge in [-0.1, -0.05) is 11.8 Å². The monoisotopic (exact) mass is 285 g/mol. The van der Waals surface area contributed by atoms with Crippen LogP contribution in [0.1, 0.15) is 19.7 Å². The van der Waals surface area contributed by atoms with Gasteiger partial charge in [0.05, 0.1) is 19.3 Å². The molecule has 0 bridgehead atoms. The third kappa shape index (κ3) is 3.68. The molecule has 0 radical (unpaired) electrons. The Morgan fingerprint density at radius 2 is 2.26 bits per heavy atom. The zero-order valence-electron chi connectivity index (χ0n) is 11.9. The standard InChI is InChI=1S/C12H23N5OS/c1-9(2)17-4-5-18-10(7-17)8-19-12-15-14-11(6-13)16(12)3/h9-10H,4-8,13H2,1-3H3. The van der Waals surface area contributed by atoms with Crippen LogP contribution in [0, 0.1) is 0 Å². The van der Waals surface area contributed by atoms with Gasteiger partial charge in [-0.15, -0.1) is 10.2 Å². The van der Waals surface area contributed by atoms with Gasteiger partial charge in [0.25, 0.3) is 0 Å². The number of ether oxygens (including phenoxy) is 1. The zero-order chi connectivity index (χ0) is 13.8. The van der Waals surface area contributed by atoms with E-state index < -0.39 is 0 Å². The van der Waals surface area contributed by atoms with Gasteiger partial charge in [0.15, 0.2) is 5.16 Å². The predicted molar refractivity (Wildman–Crippen MR) is 76.1 cm³/mol. The Balaban J connectivity index is 1.86. The van der Waals surface area contributed by atoms with Crippen molar-refractivity contribution in [3.05, 3.63) is 5.82 Å². The number of hydrogen-bond donors (Lipinski definition) is 1. The topological polar surface area (TPSA) is 69.2 Å². The first-order chi connectivity index (χ1) is 9.11. The van der Waals surface area contributed by atoms with Crippen LogP contribution in [0.2, 0.25) is 0 Å². The van der Waals surface area contributed by atoms with Crippen molar-refractivity contribution in [3.63, 3.8) is 0 Å². The van der Waals surface area contributed by atoms with Gasteiger partial charge in [-0.05, 0) is 13.8 Å². The Morgan fingerprint density at radius 3 is 2.89 bits per heavy atom. The summed E-state index contributed by atoms with van der Waals surface area (Å²) < 4.78 is 7.76.